The van der Waals surface area contributed by atoms with Gasteiger partial charge >= 0.3 is 0 Å². The molecule has 1 aliphatic rings. The second kappa shape index (κ2) is 12.3. The first-order valence-electron chi connectivity index (χ1n) is 13.8. The fraction of sp³-hybridized carbons (Fsp3) is 0.312. The number of halogens is 2. The van der Waals surface area contributed by atoms with E-state index in [0.29, 0.717) is 17.0 Å². The Labute approximate surface area is 237 Å². The zero-order valence-corrected chi connectivity index (χ0v) is 22.9. The van der Waals surface area contributed by atoms with Gasteiger partial charge in [0, 0.05) is 37.9 Å². The Kier molecular flexibility index (Phi) is 8.39. The smallest absolute Gasteiger partial charge is 0.263 e. The van der Waals surface area contributed by atoms with Gasteiger partial charge in [0.2, 0.25) is 0 Å². The van der Waals surface area contributed by atoms with Gasteiger partial charge in [-0.05, 0) is 66.3 Å². The summed E-state index contributed by atoms with van der Waals surface area (Å²) >= 11 is 0. The first-order chi connectivity index (χ1) is 19.8. The number of hydrogen-bond donors (Lipinski definition) is 1. The summed E-state index contributed by atoms with van der Waals surface area (Å²) in [6, 6.07) is 14.4. The molecule has 4 aromatic rings. The van der Waals surface area contributed by atoms with Crippen LogP contribution in [0, 0.1) is 28.9 Å². The van der Waals surface area contributed by atoms with Crippen LogP contribution in [0.2, 0.25) is 0 Å². The SMILES string of the molecule is CN(CC1CCCCC1)c1c(C#N)cnc2ccc(CNC(=O)c3cccn(Cc4ccc(F)c(F)c4)c3=O)cc12. The Morgan fingerprint density at radius 2 is 1.88 bits per heavy atom. The molecule has 41 heavy (non-hydrogen) atoms. The third-order valence-electron chi connectivity index (χ3n) is 7.72. The van der Waals surface area contributed by atoms with Gasteiger partial charge in [0.1, 0.15) is 11.6 Å². The number of benzene rings is 2. The van der Waals surface area contributed by atoms with Crippen molar-refractivity contribution in [1.29, 1.82) is 5.26 Å². The fourth-order valence-corrected chi connectivity index (χ4v) is 5.62. The summed E-state index contributed by atoms with van der Waals surface area (Å²) in [5.41, 5.74) is 2.69. The Morgan fingerprint density at radius 1 is 1.10 bits per heavy atom. The van der Waals surface area contributed by atoms with E-state index in [-0.39, 0.29) is 18.7 Å². The average Bonchev–Trinajstić information content (AvgIpc) is 2.98. The molecule has 210 valence electrons. The number of carbonyl (C=O) groups excluding carboxylic acids is 1. The lowest BCUT2D eigenvalue weighted by atomic mass is 9.89. The summed E-state index contributed by atoms with van der Waals surface area (Å²) in [6.45, 7) is 1.02. The molecule has 1 aliphatic carbocycles. The molecule has 0 aliphatic heterocycles. The molecule has 0 spiro atoms. The highest BCUT2D eigenvalue weighted by Gasteiger charge is 2.20. The highest BCUT2D eigenvalue weighted by Crippen LogP contribution is 2.32. The average molecular weight is 556 g/mol. The summed E-state index contributed by atoms with van der Waals surface area (Å²) < 4.78 is 28.2. The molecule has 0 saturated heterocycles. The predicted molar refractivity (Wildman–Crippen MR) is 154 cm³/mol. The van der Waals surface area contributed by atoms with Gasteiger partial charge < -0.3 is 14.8 Å². The minimum Gasteiger partial charge on any atom is -0.373 e. The minimum atomic E-state index is -1.000. The van der Waals surface area contributed by atoms with Crippen LogP contribution in [-0.2, 0) is 13.1 Å². The molecule has 2 aromatic heterocycles. The molecule has 1 N–H and O–H groups in total. The second-order valence-corrected chi connectivity index (χ2v) is 10.7. The number of anilines is 1. The van der Waals surface area contributed by atoms with E-state index in [1.807, 2.05) is 25.2 Å². The van der Waals surface area contributed by atoms with Crippen molar-refractivity contribution < 1.29 is 13.6 Å². The van der Waals surface area contributed by atoms with Gasteiger partial charge in [0.15, 0.2) is 11.6 Å². The normalized spacial score (nSPS) is 13.6. The van der Waals surface area contributed by atoms with Crippen molar-refractivity contribution in [3.05, 3.63) is 105 Å². The number of hydrogen-bond acceptors (Lipinski definition) is 5. The van der Waals surface area contributed by atoms with E-state index < -0.39 is 23.1 Å². The standard InChI is InChI=1S/C32H31F2N5O2/c1-38(19-21-6-3-2-4-7-21)30-24(16-35)18-36-29-12-10-22(14-26(29)30)17-37-31(40)25-8-5-13-39(32(25)41)20-23-9-11-27(33)28(34)15-23/h5,8-15,18,21H,2-4,6-7,17,19-20H2,1H3,(H,37,40). The molecule has 1 amide bonds. The maximum atomic E-state index is 13.6. The maximum absolute atomic E-state index is 13.6. The molecule has 0 radical (unpaired) electrons. The van der Waals surface area contributed by atoms with Gasteiger partial charge in [-0.2, -0.15) is 5.26 Å². The van der Waals surface area contributed by atoms with Gasteiger partial charge in [-0.3, -0.25) is 14.6 Å². The van der Waals surface area contributed by atoms with Crippen LogP contribution in [0.25, 0.3) is 10.9 Å². The summed E-state index contributed by atoms with van der Waals surface area (Å²) in [7, 11) is 2.01. The van der Waals surface area contributed by atoms with Crippen LogP contribution < -0.4 is 15.8 Å². The van der Waals surface area contributed by atoms with Crippen molar-refractivity contribution in [2.75, 3.05) is 18.5 Å². The predicted octanol–water partition coefficient (Wildman–Crippen LogP) is 5.54. The van der Waals surface area contributed by atoms with E-state index in [0.717, 1.165) is 40.8 Å². The van der Waals surface area contributed by atoms with Crippen molar-refractivity contribution in [1.82, 2.24) is 14.9 Å². The van der Waals surface area contributed by atoms with Crippen LogP contribution in [0.4, 0.5) is 14.5 Å². The first kappa shape index (κ1) is 28.0. The van der Waals surface area contributed by atoms with Crippen LogP contribution in [0.5, 0.6) is 0 Å². The number of pyridine rings is 2. The number of fused-ring (bicyclic) bond motifs is 1. The Balaban J connectivity index is 1.34. The lowest BCUT2D eigenvalue weighted by molar-refractivity contribution is 0.0949. The van der Waals surface area contributed by atoms with Gasteiger partial charge in [-0.1, -0.05) is 31.4 Å². The topological polar surface area (TPSA) is 91.0 Å². The largest absolute Gasteiger partial charge is 0.373 e. The maximum Gasteiger partial charge on any atom is 0.263 e. The van der Waals surface area contributed by atoms with Gasteiger partial charge in [-0.25, -0.2) is 8.78 Å². The van der Waals surface area contributed by atoms with E-state index in [1.54, 1.807) is 12.3 Å². The molecule has 0 bridgehead atoms. The third kappa shape index (κ3) is 6.27. The summed E-state index contributed by atoms with van der Waals surface area (Å²) in [6.07, 6.45) is 9.24. The summed E-state index contributed by atoms with van der Waals surface area (Å²) in [4.78, 5) is 32.6. The lowest BCUT2D eigenvalue weighted by Gasteiger charge is -2.29. The lowest BCUT2D eigenvalue weighted by Crippen LogP contribution is -2.32. The summed E-state index contributed by atoms with van der Waals surface area (Å²) in [5, 5.41) is 13.5. The zero-order chi connectivity index (χ0) is 28.9. The Morgan fingerprint density at radius 3 is 2.63 bits per heavy atom. The number of nitrogens with zero attached hydrogens (tertiary/aromatic N) is 4. The van der Waals surface area contributed by atoms with Crippen LogP contribution in [-0.4, -0.2) is 29.1 Å². The minimum absolute atomic E-state index is 0.00674. The van der Waals surface area contributed by atoms with Crippen molar-refractivity contribution in [2.45, 2.75) is 45.2 Å². The van der Waals surface area contributed by atoms with Crippen molar-refractivity contribution in [3.63, 3.8) is 0 Å². The highest BCUT2D eigenvalue weighted by molar-refractivity contribution is 5.95. The number of carbonyl (C=O) groups is 1. The van der Waals surface area contributed by atoms with Crippen molar-refractivity contribution >= 4 is 22.5 Å². The van der Waals surface area contributed by atoms with Crippen LogP contribution in [0.3, 0.4) is 0 Å². The molecule has 0 unspecified atom stereocenters. The van der Waals surface area contributed by atoms with Gasteiger partial charge in [-0.15, -0.1) is 0 Å². The van der Waals surface area contributed by atoms with E-state index in [9.17, 15) is 23.6 Å². The van der Waals surface area contributed by atoms with Crippen molar-refractivity contribution in [3.8, 4) is 6.07 Å². The Hall–Kier alpha value is -4.58. The number of nitriles is 1. The highest BCUT2D eigenvalue weighted by atomic mass is 19.2. The van der Waals surface area contributed by atoms with Crippen molar-refractivity contribution in [2.24, 2.45) is 5.92 Å². The van der Waals surface area contributed by atoms with Gasteiger partial charge in [0.05, 0.1) is 23.3 Å². The van der Waals surface area contributed by atoms with Crippen LogP contribution in [0.1, 0.15) is 59.2 Å². The van der Waals surface area contributed by atoms with E-state index in [2.05, 4.69) is 21.3 Å². The molecular formula is C32H31F2N5O2. The van der Waals surface area contributed by atoms with Crippen LogP contribution in [0.15, 0.2) is 65.7 Å². The molecule has 2 aromatic carbocycles. The molecule has 5 rings (SSSR count). The summed E-state index contributed by atoms with van der Waals surface area (Å²) in [5.74, 6) is -1.93. The van der Waals surface area contributed by atoms with E-state index >= 15 is 0 Å². The number of amides is 1. The van der Waals surface area contributed by atoms with E-state index in [4.69, 9.17) is 0 Å². The molecule has 9 heteroatoms. The second-order valence-electron chi connectivity index (χ2n) is 10.7. The molecule has 7 nitrogen and oxygen atoms in total. The molecule has 0 atom stereocenters. The molecule has 1 saturated carbocycles. The fourth-order valence-electron chi connectivity index (χ4n) is 5.62. The first-order valence-corrected chi connectivity index (χ1v) is 13.8. The molecule has 2 heterocycles. The van der Waals surface area contributed by atoms with E-state index in [1.165, 1.54) is 55.0 Å². The number of nitrogens with one attached hydrogen (secondary N) is 1. The third-order valence-corrected chi connectivity index (χ3v) is 7.72. The Bertz CT molecular complexity index is 1690. The number of aromatic nitrogens is 2. The quantitative estimate of drug-likeness (QED) is 0.308. The molecule has 1 fully saturated rings. The monoisotopic (exact) mass is 555 g/mol. The zero-order valence-electron chi connectivity index (χ0n) is 22.9. The number of rotatable bonds is 8. The van der Waals surface area contributed by atoms with Crippen LogP contribution >= 0.6 is 0 Å². The molecular weight excluding hydrogens is 524 g/mol. The van der Waals surface area contributed by atoms with Gasteiger partial charge in [0.25, 0.3) is 11.5 Å².